The minimum Gasteiger partial charge on any atom is -0.382 e. The third-order valence-electron chi connectivity index (χ3n) is 3.03. The van der Waals surface area contributed by atoms with E-state index in [-0.39, 0.29) is 0 Å². The Morgan fingerprint density at radius 1 is 1.41 bits per heavy atom. The summed E-state index contributed by atoms with van der Waals surface area (Å²) in [6, 6.07) is 7.71. The van der Waals surface area contributed by atoms with Gasteiger partial charge in [0.25, 0.3) is 0 Å². The van der Waals surface area contributed by atoms with E-state index < -0.39 is 5.91 Å². The van der Waals surface area contributed by atoms with Crippen LogP contribution in [0.15, 0.2) is 24.3 Å². The Labute approximate surface area is 101 Å². The zero-order valence-electron chi connectivity index (χ0n) is 9.98. The molecule has 1 aliphatic rings. The molecule has 1 aromatic carbocycles. The Hall–Kier alpha value is -1.55. The molecule has 4 heteroatoms. The van der Waals surface area contributed by atoms with Gasteiger partial charge in [-0.1, -0.05) is 0 Å². The van der Waals surface area contributed by atoms with Crippen molar-refractivity contribution in [1.82, 2.24) is 0 Å². The fourth-order valence-electron chi connectivity index (χ4n) is 2.10. The van der Waals surface area contributed by atoms with Crippen LogP contribution in [0.2, 0.25) is 0 Å². The highest BCUT2D eigenvalue weighted by atomic mass is 16.5. The Kier molecular flexibility index (Phi) is 3.64. The zero-order chi connectivity index (χ0) is 12.3. The highest BCUT2D eigenvalue weighted by molar-refractivity contribution is 5.93. The summed E-state index contributed by atoms with van der Waals surface area (Å²) in [7, 11) is 0. The SMILES string of the molecule is CC1CC(Nc2ccc(C(N)=O)cc2)CCO1. The van der Waals surface area contributed by atoms with E-state index >= 15 is 0 Å². The fourth-order valence-corrected chi connectivity index (χ4v) is 2.10. The number of anilines is 1. The van der Waals surface area contributed by atoms with Gasteiger partial charge >= 0.3 is 0 Å². The molecule has 1 heterocycles. The number of carbonyl (C=O) groups excluding carboxylic acids is 1. The number of carbonyl (C=O) groups is 1. The molecular formula is C13H18N2O2. The zero-order valence-corrected chi connectivity index (χ0v) is 9.98. The number of nitrogens with two attached hydrogens (primary N) is 1. The van der Waals surface area contributed by atoms with Gasteiger partial charge in [-0.3, -0.25) is 4.79 Å². The maximum Gasteiger partial charge on any atom is 0.248 e. The number of primary amides is 1. The predicted octanol–water partition coefficient (Wildman–Crippen LogP) is 1.76. The van der Waals surface area contributed by atoms with Crippen molar-refractivity contribution in [3.63, 3.8) is 0 Å². The van der Waals surface area contributed by atoms with Crippen molar-refractivity contribution in [3.05, 3.63) is 29.8 Å². The molecular weight excluding hydrogens is 216 g/mol. The minimum atomic E-state index is -0.392. The molecule has 0 aliphatic carbocycles. The van der Waals surface area contributed by atoms with E-state index in [1.54, 1.807) is 12.1 Å². The molecule has 0 bridgehead atoms. The molecule has 1 aromatic rings. The monoisotopic (exact) mass is 234 g/mol. The molecule has 2 rings (SSSR count). The average Bonchev–Trinajstić information content (AvgIpc) is 2.29. The molecule has 92 valence electrons. The normalized spacial score (nSPS) is 24.3. The van der Waals surface area contributed by atoms with Gasteiger partial charge < -0.3 is 15.8 Å². The minimum absolute atomic E-state index is 0.311. The first-order valence-corrected chi connectivity index (χ1v) is 5.93. The predicted molar refractivity (Wildman–Crippen MR) is 67.0 cm³/mol. The molecule has 0 radical (unpaired) electrons. The van der Waals surface area contributed by atoms with E-state index in [1.165, 1.54) is 0 Å². The van der Waals surface area contributed by atoms with Crippen LogP contribution >= 0.6 is 0 Å². The third kappa shape index (κ3) is 3.20. The molecule has 1 fully saturated rings. The van der Waals surface area contributed by atoms with Gasteiger partial charge in [0.05, 0.1) is 6.10 Å². The number of nitrogens with one attached hydrogen (secondary N) is 1. The first-order valence-electron chi connectivity index (χ1n) is 5.93. The van der Waals surface area contributed by atoms with E-state index in [1.807, 2.05) is 12.1 Å². The van der Waals surface area contributed by atoms with Crippen LogP contribution in [0.3, 0.4) is 0 Å². The Bertz CT molecular complexity index is 389. The second kappa shape index (κ2) is 5.19. The lowest BCUT2D eigenvalue weighted by atomic mass is 10.0. The topological polar surface area (TPSA) is 64.3 Å². The van der Waals surface area contributed by atoms with Crippen molar-refractivity contribution in [2.75, 3.05) is 11.9 Å². The van der Waals surface area contributed by atoms with Crippen LogP contribution < -0.4 is 11.1 Å². The summed E-state index contributed by atoms with van der Waals surface area (Å²) in [6.45, 7) is 2.89. The second-order valence-corrected chi connectivity index (χ2v) is 4.49. The van der Waals surface area contributed by atoms with Crippen LogP contribution in [0, 0.1) is 0 Å². The lowest BCUT2D eigenvalue weighted by Gasteiger charge is -2.28. The summed E-state index contributed by atoms with van der Waals surface area (Å²) in [6.07, 6.45) is 2.34. The summed E-state index contributed by atoms with van der Waals surface area (Å²) in [5.74, 6) is -0.392. The van der Waals surface area contributed by atoms with E-state index in [4.69, 9.17) is 10.5 Å². The van der Waals surface area contributed by atoms with E-state index in [9.17, 15) is 4.79 Å². The van der Waals surface area contributed by atoms with Crippen molar-refractivity contribution in [1.29, 1.82) is 0 Å². The van der Waals surface area contributed by atoms with Crippen LogP contribution in [0.4, 0.5) is 5.69 Å². The van der Waals surface area contributed by atoms with Crippen molar-refractivity contribution >= 4 is 11.6 Å². The first-order chi connectivity index (χ1) is 8.15. The first kappa shape index (κ1) is 11.9. The molecule has 2 unspecified atom stereocenters. The molecule has 1 saturated heterocycles. The van der Waals surface area contributed by atoms with Crippen LogP contribution in [-0.4, -0.2) is 24.7 Å². The summed E-state index contributed by atoms with van der Waals surface area (Å²) in [5, 5.41) is 3.45. The van der Waals surface area contributed by atoms with Crippen molar-refractivity contribution < 1.29 is 9.53 Å². The van der Waals surface area contributed by atoms with E-state index in [0.717, 1.165) is 25.1 Å². The van der Waals surface area contributed by atoms with Crippen LogP contribution in [-0.2, 0) is 4.74 Å². The van der Waals surface area contributed by atoms with Gasteiger partial charge in [-0.2, -0.15) is 0 Å². The Balaban J connectivity index is 1.96. The average molecular weight is 234 g/mol. The Morgan fingerprint density at radius 3 is 2.71 bits per heavy atom. The van der Waals surface area contributed by atoms with Gasteiger partial charge in [0.2, 0.25) is 5.91 Å². The highest BCUT2D eigenvalue weighted by Crippen LogP contribution is 2.18. The Morgan fingerprint density at radius 2 is 2.12 bits per heavy atom. The molecule has 4 nitrogen and oxygen atoms in total. The lowest BCUT2D eigenvalue weighted by molar-refractivity contribution is 0.0232. The largest absolute Gasteiger partial charge is 0.382 e. The van der Waals surface area contributed by atoms with Crippen LogP contribution in [0.1, 0.15) is 30.1 Å². The van der Waals surface area contributed by atoms with Crippen LogP contribution in [0.25, 0.3) is 0 Å². The molecule has 3 N–H and O–H groups in total. The second-order valence-electron chi connectivity index (χ2n) is 4.49. The number of amides is 1. The van der Waals surface area contributed by atoms with Gasteiger partial charge in [0.15, 0.2) is 0 Å². The lowest BCUT2D eigenvalue weighted by Crippen LogP contribution is -2.32. The van der Waals surface area contributed by atoms with Gasteiger partial charge in [0.1, 0.15) is 0 Å². The quantitative estimate of drug-likeness (QED) is 0.837. The van der Waals surface area contributed by atoms with Gasteiger partial charge in [-0.05, 0) is 44.0 Å². The van der Waals surface area contributed by atoms with E-state index in [2.05, 4.69) is 12.2 Å². The summed E-state index contributed by atoms with van der Waals surface area (Å²) < 4.78 is 5.50. The number of hydrogen-bond donors (Lipinski definition) is 2. The number of hydrogen-bond acceptors (Lipinski definition) is 3. The maximum atomic E-state index is 10.9. The van der Waals surface area contributed by atoms with Gasteiger partial charge in [0, 0.05) is 23.9 Å². The number of benzene rings is 1. The van der Waals surface area contributed by atoms with Crippen LogP contribution in [0.5, 0.6) is 0 Å². The standard InChI is InChI=1S/C13H18N2O2/c1-9-8-12(6-7-17-9)15-11-4-2-10(3-5-11)13(14)16/h2-5,9,12,15H,6-8H2,1H3,(H2,14,16). The van der Waals surface area contributed by atoms with Crippen molar-refractivity contribution in [2.24, 2.45) is 5.73 Å². The molecule has 0 saturated carbocycles. The third-order valence-corrected chi connectivity index (χ3v) is 3.03. The molecule has 1 amide bonds. The maximum absolute atomic E-state index is 10.9. The summed E-state index contributed by atoms with van der Waals surface area (Å²) in [5.41, 5.74) is 6.75. The number of rotatable bonds is 3. The highest BCUT2D eigenvalue weighted by Gasteiger charge is 2.18. The smallest absolute Gasteiger partial charge is 0.248 e. The van der Waals surface area contributed by atoms with Crippen molar-refractivity contribution in [3.8, 4) is 0 Å². The molecule has 17 heavy (non-hydrogen) atoms. The molecule has 1 aliphatic heterocycles. The molecule has 2 atom stereocenters. The molecule has 0 spiro atoms. The number of ether oxygens (including phenoxy) is 1. The van der Waals surface area contributed by atoms with Gasteiger partial charge in [-0.25, -0.2) is 0 Å². The summed E-state index contributed by atoms with van der Waals surface area (Å²) in [4.78, 5) is 10.9. The van der Waals surface area contributed by atoms with Gasteiger partial charge in [-0.15, -0.1) is 0 Å². The fraction of sp³-hybridized carbons (Fsp3) is 0.462. The molecule has 0 aromatic heterocycles. The van der Waals surface area contributed by atoms with E-state index in [0.29, 0.717) is 17.7 Å². The summed E-state index contributed by atoms with van der Waals surface area (Å²) >= 11 is 0. The van der Waals surface area contributed by atoms with Crippen molar-refractivity contribution in [2.45, 2.75) is 31.9 Å².